The molecule has 2 rings (SSSR count). The Labute approximate surface area is 121 Å². The number of nitrogens with one attached hydrogen (secondary N) is 1. The molecule has 0 aliphatic carbocycles. The monoisotopic (exact) mass is 284 g/mol. The van der Waals surface area contributed by atoms with E-state index in [-0.39, 0.29) is 30.1 Å². The van der Waals surface area contributed by atoms with Crippen molar-refractivity contribution >= 4 is 5.91 Å². The summed E-state index contributed by atoms with van der Waals surface area (Å²) in [6.45, 7) is 7.39. The average Bonchev–Trinajstić information content (AvgIpc) is 2.97. The predicted molar refractivity (Wildman–Crippen MR) is 77.4 cm³/mol. The summed E-state index contributed by atoms with van der Waals surface area (Å²) in [6.07, 6.45) is 4.40. The van der Waals surface area contributed by atoms with Gasteiger partial charge >= 0.3 is 0 Å². The van der Waals surface area contributed by atoms with E-state index < -0.39 is 0 Å². The van der Waals surface area contributed by atoms with Crippen molar-refractivity contribution in [3.05, 3.63) is 0 Å². The first kappa shape index (κ1) is 15.7. The van der Waals surface area contributed by atoms with Gasteiger partial charge in [-0.3, -0.25) is 9.69 Å². The molecule has 1 amide bonds. The molecular formula is C15H28N2O3. The fourth-order valence-electron chi connectivity index (χ4n) is 3.15. The number of carbonyl (C=O) groups excluding carboxylic acids is 1. The molecule has 2 fully saturated rings. The SMILES string of the molecule is CC(C(=O)NCC1CCCO1)N1CCCC(C)(CO)C1. The summed E-state index contributed by atoms with van der Waals surface area (Å²) in [7, 11) is 0. The van der Waals surface area contributed by atoms with Gasteiger partial charge in [-0.2, -0.15) is 0 Å². The Bertz CT molecular complexity index is 331. The molecule has 2 aliphatic heterocycles. The second-order valence-electron chi connectivity index (χ2n) is 6.60. The van der Waals surface area contributed by atoms with E-state index in [1.807, 2.05) is 6.92 Å². The Morgan fingerprint density at radius 2 is 2.35 bits per heavy atom. The molecule has 0 aromatic carbocycles. The molecule has 2 saturated heterocycles. The highest BCUT2D eigenvalue weighted by Crippen LogP contribution is 2.29. The summed E-state index contributed by atoms with van der Waals surface area (Å²) in [6, 6.07) is -0.137. The van der Waals surface area contributed by atoms with Crippen LogP contribution in [0.4, 0.5) is 0 Å². The number of hydrogen-bond donors (Lipinski definition) is 2. The highest BCUT2D eigenvalue weighted by Gasteiger charge is 2.34. The number of ether oxygens (including phenoxy) is 1. The zero-order valence-electron chi connectivity index (χ0n) is 12.7. The van der Waals surface area contributed by atoms with E-state index in [1.165, 1.54) is 0 Å². The highest BCUT2D eigenvalue weighted by atomic mass is 16.5. The Hall–Kier alpha value is -0.650. The lowest BCUT2D eigenvalue weighted by Crippen LogP contribution is -2.53. The lowest BCUT2D eigenvalue weighted by Gasteiger charge is -2.41. The van der Waals surface area contributed by atoms with E-state index in [0.29, 0.717) is 6.54 Å². The van der Waals surface area contributed by atoms with Crippen LogP contribution < -0.4 is 5.32 Å². The molecule has 5 nitrogen and oxygen atoms in total. The molecule has 3 unspecified atom stereocenters. The van der Waals surface area contributed by atoms with Gasteiger partial charge in [-0.1, -0.05) is 6.92 Å². The number of aliphatic hydroxyl groups is 1. The number of piperidine rings is 1. The van der Waals surface area contributed by atoms with Crippen LogP contribution in [0.2, 0.25) is 0 Å². The number of likely N-dealkylation sites (tertiary alicyclic amines) is 1. The maximum absolute atomic E-state index is 12.2. The van der Waals surface area contributed by atoms with Gasteiger partial charge in [0.15, 0.2) is 0 Å². The summed E-state index contributed by atoms with van der Waals surface area (Å²) in [5.74, 6) is 0.0719. The molecule has 0 radical (unpaired) electrons. The van der Waals surface area contributed by atoms with Crippen LogP contribution in [0, 0.1) is 5.41 Å². The van der Waals surface area contributed by atoms with Gasteiger partial charge in [0.05, 0.1) is 12.1 Å². The first-order valence-corrected chi connectivity index (χ1v) is 7.78. The van der Waals surface area contributed by atoms with E-state index in [2.05, 4.69) is 17.1 Å². The normalized spacial score (nSPS) is 33.0. The third kappa shape index (κ3) is 3.93. The lowest BCUT2D eigenvalue weighted by atomic mass is 9.82. The third-order valence-electron chi connectivity index (χ3n) is 4.65. The lowest BCUT2D eigenvalue weighted by molar-refractivity contribution is -0.128. The zero-order chi connectivity index (χ0) is 14.6. The van der Waals surface area contributed by atoms with Crippen LogP contribution in [0.15, 0.2) is 0 Å². The number of carbonyl (C=O) groups is 1. The van der Waals surface area contributed by atoms with Crippen LogP contribution in [-0.2, 0) is 9.53 Å². The maximum Gasteiger partial charge on any atom is 0.237 e. The fourth-order valence-corrected chi connectivity index (χ4v) is 3.15. The molecular weight excluding hydrogens is 256 g/mol. The second-order valence-corrected chi connectivity index (χ2v) is 6.60. The standard InChI is InChI=1S/C15H28N2O3/c1-12(14(19)16-9-13-5-3-8-20-13)17-7-4-6-15(2,10-17)11-18/h12-13,18H,3-11H2,1-2H3,(H,16,19). The first-order chi connectivity index (χ1) is 9.54. The largest absolute Gasteiger partial charge is 0.396 e. The van der Waals surface area contributed by atoms with Crippen molar-refractivity contribution < 1.29 is 14.6 Å². The minimum Gasteiger partial charge on any atom is -0.396 e. The molecule has 0 saturated carbocycles. The predicted octanol–water partition coefficient (Wildman–Crippen LogP) is 0.764. The van der Waals surface area contributed by atoms with Crippen LogP contribution >= 0.6 is 0 Å². The summed E-state index contributed by atoms with van der Waals surface area (Å²) >= 11 is 0. The van der Waals surface area contributed by atoms with Crippen molar-refractivity contribution in [2.24, 2.45) is 5.41 Å². The van der Waals surface area contributed by atoms with Crippen molar-refractivity contribution in [1.82, 2.24) is 10.2 Å². The Morgan fingerprint density at radius 3 is 3.00 bits per heavy atom. The van der Waals surface area contributed by atoms with Gasteiger partial charge in [-0.25, -0.2) is 0 Å². The average molecular weight is 284 g/mol. The molecule has 2 N–H and O–H groups in total. The summed E-state index contributed by atoms with van der Waals surface area (Å²) in [5, 5.41) is 12.5. The number of aliphatic hydroxyl groups excluding tert-OH is 1. The maximum atomic E-state index is 12.2. The van der Waals surface area contributed by atoms with Gasteiger partial charge in [0.1, 0.15) is 0 Å². The van der Waals surface area contributed by atoms with Crippen LogP contribution in [-0.4, -0.2) is 60.9 Å². The number of amides is 1. The quantitative estimate of drug-likeness (QED) is 0.782. The van der Waals surface area contributed by atoms with E-state index >= 15 is 0 Å². The van der Waals surface area contributed by atoms with Gasteiger partial charge in [0.2, 0.25) is 5.91 Å². The molecule has 20 heavy (non-hydrogen) atoms. The van der Waals surface area contributed by atoms with Gasteiger partial charge in [-0.15, -0.1) is 0 Å². The van der Waals surface area contributed by atoms with E-state index in [1.54, 1.807) is 0 Å². The van der Waals surface area contributed by atoms with E-state index in [4.69, 9.17) is 4.74 Å². The molecule has 0 aromatic rings. The van der Waals surface area contributed by atoms with Crippen LogP contribution in [0.3, 0.4) is 0 Å². The van der Waals surface area contributed by atoms with Crippen LogP contribution in [0.5, 0.6) is 0 Å². The van der Waals surface area contributed by atoms with E-state index in [9.17, 15) is 9.90 Å². The molecule has 0 aromatic heterocycles. The highest BCUT2D eigenvalue weighted by molar-refractivity contribution is 5.81. The molecule has 0 spiro atoms. The molecule has 2 aliphatic rings. The van der Waals surface area contributed by atoms with Gasteiger partial charge in [0.25, 0.3) is 0 Å². The topological polar surface area (TPSA) is 61.8 Å². The minimum atomic E-state index is -0.137. The van der Waals surface area contributed by atoms with Gasteiger partial charge in [0, 0.05) is 31.7 Å². The summed E-state index contributed by atoms with van der Waals surface area (Å²) in [5.41, 5.74) is -0.0681. The Kier molecular flexibility index (Phi) is 5.41. The third-order valence-corrected chi connectivity index (χ3v) is 4.65. The zero-order valence-corrected chi connectivity index (χ0v) is 12.7. The van der Waals surface area contributed by atoms with Crippen molar-refractivity contribution in [2.75, 3.05) is 32.8 Å². The van der Waals surface area contributed by atoms with Crippen molar-refractivity contribution in [3.8, 4) is 0 Å². The Balaban J connectivity index is 1.79. The molecule has 5 heteroatoms. The van der Waals surface area contributed by atoms with Crippen LogP contribution in [0.1, 0.15) is 39.5 Å². The first-order valence-electron chi connectivity index (χ1n) is 7.78. The van der Waals surface area contributed by atoms with E-state index in [0.717, 1.165) is 45.4 Å². The Morgan fingerprint density at radius 1 is 1.55 bits per heavy atom. The van der Waals surface area contributed by atoms with Crippen molar-refractivity contribution in [3.63, 3.8) is 0 Å². The fraction of sp³-hybridized carbons (Fsp3) is 0.933. The molecule has 0 bridgehead atoms. The van der Waals surface area contributed by atoms with Crippen LogP contribution in [0.25, 0.3) is 0 Å². The molecule has 2 heterocycles. The number of hydrogen-bond acceptors (Lipinski definition) is 4. The smallest absolute Gasteiger partial charge is 0.237 e. The van der Waals surface area contributed by atoms with Crippen molar-refractivity contribution in [1.29, 1.82) is 0 Å². The summed E-state index contributed by atoms with van der Waals surface area (Å²) in [4.78, 5) is 14.4. The molecule has 3 atom stereocenters. The van der Waals surface area contributed by atoms with Gasteiger partial charge < -0.3 is 15.2 Å². The minimum absolute atomic E-state index is 0.0681. The van der Waals surface area contributed by atoms with Gasteiger partial charge in [-0.05, 0) is 39.2 Å². The molecule has 116 valence electrons. The van der Waals surface area contributed by atoms with Crippen molar-refractivity contribution in [2.45, 2.75) is 51.7 Å². The number of rotatable bonds is 5. The second kappa shape index (κ2) is 6.87. The summed E-state index contributed by atoms with van der Waals surface area (Å²) < 4.78 is 5.52. The number of nitrogens with zero attached hydrogens (tertiary/aromatic N) is 1.